The lowest BCUT2D eigenvalue weighted by molar-refractivity contribution is 0.0702. The van der Waals surface area contributed by atoms with Crippen molar-refractivity contribution in [3.05, 3.63) is 33.8 Å². The van der Waals surface area contributed by atoms with Crippen LogP contribution in [0.5, 0.6) is 5.75 Å². The van der Waals surface area contributed by atoms with E-state index in [4.69, 9.17) is 9.84 Å². The minimum absolute atomic E-state index is 0.283. The van der Waals surface area contributed by atoms with Gasteiger partial charge in [0.05, 0.1) is 11.4 Å². The molecule has 0 unspecified atom stereocenters. The quantitative estimate of drug-likeness (QED) is 0.903. The minimum Gasteiger partial charge on any atom is -0.486 e. The third kappa shape index (κ3) is 2.70. The number of nitrogens with zero attached hydrogens (tertiary/aromatic N) is 2. The van der Waals surface area contributed by atoms with Gasteiger partial charge in [-0.3, -0.25) is 4.68 Å². The Morgan fingerprint density at radius 2 is 2.33 bits per heavy atom. The molecule has 1 N–H and O–H groups in total. The molecule has 0 aliphatic heterocycles. The molecule has 2 heterocycles. The summed E-state index contributed by atoms with van der Waals surface area (Å²) in [5.74, 6) is -0.344. The minimum atomic E-state index is -0.927. The number of carboxylic acid groups (broad SMARTS) is 1. The maximum atomic E-state index is 10.7. The van der Waals surface area contributed by atoms with Crippen LogP contribution in [-0.2, 0) is 13.2 Å². The van der Waals surface area contributed by atoms with E-state index in [9.17, 15) is 4.79 Å². The first kappa shape index (κ1) is 12.6. The maximum absolute atomic E-state index is 10.7. The topological polar surface area (TPSA) is 64.4 Å². The van der Waals surface area contributed by atoms with Crippen molar-refractivity contribution in [2.45, 2.75) is 27.0 Å². The smallest absolute Gasteiger partial charge is 0.346 e. The Morgan fingerprint density at radius 1 is 1.56 bits per heavy atom. The fourth-order valence-corrected chi connectivity index (χ4v) is 2.32. The highest BCUT2D eigenvalue weighted by atomic mass is 32.1. The normalized spacial score (nSPS) is 10.6. The van der Waals surface area contributed by atoms with Crippen molar-refractivity contribution in [3.8, 4) is 5.75 Å². The van der Waals surface area contributed by atoms with Crippen LogP contribution < -0.4 is 4.74 Å². The van der Waals surface area contributed by atoms with Crippen molar-refractivity contribution in [1.29, 1.82) is 0 Å². The van der Waals surface area contributed by atoms with E-state index in [1.165, 1.54) is 6.07 Å². The average Bonchev–Trinajstić information content (AvgIpc) is 2.92. The number of carbonyl (C=O) groups is 1. The number of thiophene rings is 1. The molecule has 2 aromatic heterocycles. The molecule has 96 valence electrons. The summed E-state index contributed by atoms with van der Waals surface area (Å²) in [6.45, 7) is 5.13. The van der Waals surface area contributed by atoms with Gasteiger partial charge in [-0.2, -0.15) is 5.10 Å². The molecule has 0 atom stereocenters. The predicted octanol–water partition coefficient (Wildman–Crippen LogP) is 2.55. The van der Waals surface area contributed by atoms with Crippen LogP contribution in [0.3, 0.4) is 0 Å². The number of hydrogen-bond donors (Lipinski definition) is 1. The van der Waals surface area contributed by atoms with Crippen LogP contribution in [-0.4, -0.2) is 20.9 Å². The summed E-state index contributed by atoms with van der Waals surface area (Å²) in [6, 6.07) is 3.50. The fourth-order valence-electron chi connectivity index (χ4n) is 1.65. The van der Waals surface area contributed by atoms with Gasteiger partial charge < -0.3 is 9.84 Å². The van der Waals surface area contributed by atoms with Crippen LogP contribution >= 0.6 is 11.3 Å². The van der Waals surface area contributed by atoms with Crippen LogP contribution in [0, 0.1) is 6.92 Å². The van der Waals surface area contributed by atoms with Crippen molar-refractivity contribution >= 4 is 17.3 Å². The molecule has 0 fully saturated rings. The van der Waals surface area contributed by atoms with Gasteiger partial charge in [-0.1, -0.05) is 0 Å². The molecule has 5 nitrogen and oxygen atoms in total. The number of carboxylic acids is 1. The summed E-state index contributed by atoms with van der Waals surface area (Å²) in [5.41, 5.74) is 1.94. The first-order valence-electron chi connectivity index (χ1n) is 5.58. The monoisotopic (exact) mass is 266 g/mol. The summed E-state index contributed by atoms with van der Waals surface area (Å²) < 4.78 is 7.44. The van der Waals surface area contributed by atoms with E-state index in [-0.39, 0.29) is 4.88 Å². The molecule has 0 aliphatic carbocycles. The van der Waals surface area contributed by atoms with Crippen LogP contribution in [0.15, 0.2) is 17.5 Å². The van der Waals surface area contributed by atoms with Crippen molar-refractivity contribution in [2.24, 2.45) is 0 Å². The van der Waals surface area contributed by atoms with Crippen LogP contribution in [0.2, 0.25) is 0 Å². The highest BCUT2D eigenvalue weighted by Crippen LogP contribution is 2.22. The number of aromatic nitrogens is 2. The van der Waals surface area contributed by atoms with Gasteiger partial charge in [0.25, 0.3) is 0 Å². The van der Waals surface area contributed by atoms with E-state index in [1.807, 2.05) is 24.6 Å². The van der Waals surface area contributed by atoms with E-state index in [0.717, 1.165) is 29.3 Å². The number of aromatic carboxylic acids is 1. The summed E-state index contributed by atoms with van der Waals surface area (Å²) >= 11 is 1.16. The first-order valence-corrected chi connectivity index (χ1v) is 6.46. The largest absolute Gasteiger partial charge is 0.486 e. The van der Waals surface area contributed by atoms with E-state index in [0.29, 0.717) is 12.4 Å². The molecule has 0 saturated heterocycles. The molecule has 2 rings (SSSR count). The lowest BCUT2D eigenvalue weighted by Crippen LogP contribution is -2.05. The summed E-state index contributed by atoms with van der Waals surface area (Å²) in [7, 11) is 0. The van der Waals surface area contributed by atoms with Crippen LogP contribution in [0.1, 0.15) is 28.0 Å². The van der Waals surface area contributed by atoms with Gasteiger partial charge >= 0.3 is 5.97 Å². The second-order valence-electron chi connectivity index (χ2n) is 3.83. The Bertz CT molecular complexity index is 559. The zero-order valence-corrected chi connectivity index (χ0v) is 11.0. The van der Waals surface area contributed by atoms with Gasteiger partial charge in [-0.05, 0) is 19.9 Å². The highest BCUT2D eigenvalue weighted by molar-refractivity contribution is 7.12. The van der Waals surface area contributed by atoms with E-state index in [1.54, 1.807) is 5.38 Å². The molecule has 0 aromatic carbocycles. The molecule has 0 spiro atoms. The standard InChI is InChI=1S/C12H14N2O3S/c1-3-14-9(4-8(2)13-14)6-17-10-5-11(12(15)16)18-7-10/h4-5,7H,3,6H2,1-2H3,(H,15,16). The molecule has 0 saturated carbocycles. The number of rotatable bonds is 5. The molecule has 0 bridgehead atoms. The fraction of sp³-hybridized carbons (Fsp3) is 0.333. The summed E-state index contributed by atoms with van der Waals surface area (Å²) in [6.07, 6.45) is 0. The van der Waals surface area contributed by atoms with Crippen molar-refractivity contribution in [3.63, 3.8) is 0 Å². The molecule has 18 heavy (non-hydrogen) atoms. The van der Waals surface area contributed by atoms with Gasteiger partial charge in [0.1, 0.15) is 17.2 Å². The Hall–Kier alpha value is -1.82. The van der Waals surface area contributed by atoms with Crippen molar-refractivity contribution in [2.75, 3.05) is 0 Å². The predicted molar refractivity (Wildman–Crippen MR) is 68.2 cm³/mol. The number of ether oxygens (including phenoxy) is 1. The lowest BCUT2D eigenvalue weighted by Gasteiger charge is -2.05. The second kappa shape index (κ2) is 5.22. The van der Waals surface area contributed by atoms with Crippen molar-refractivity contribution in [1.82, 2.24) is 9.78 Å². The third-order valence-electron chi connectivity index (χ3n) is 2.46. The van der Waals surface area contributed by atoms with Gasteiger partial charge in [0.15, 0.2) is 0 Å². The van der Waals surface area contributed by atoms with Gasteiger partial charge in [0.2, 0.25) is 0 Å². The number of hydrogen-bond acceptors (Lipinski definition) is 4. The average molecular weight is 266 g/mol. The Labute approximate surface area is 109 Å². The van der Waals surface area contributed by atoms with Crippen LogP contribution in [0.25, 0.3) is 0 Å². The lowest BCUT2D eigenvalue weighted by atomic mass is 10.4. The van der Waals surface area contributed by atoms with E-state index >= 15 is 0 Å². The van der Waals surface area contributed by atoms with Crippen LogP contribution in [0.4, 0.5) is 0 Å². The molecule has 0 radical (unpaired) electrons. The zero-order chi connectivity index (χ0) is 13.1. The maximum Gasteiger partial charge on any atom is 0.346 e. The molecule has 0 aliphatic rings. The van der Waals surface area contributed by atoms with Gasteiger partial charge in [-0.25, -0.2) is 4.79 Å². The Morgan fingerprint density at radius 3 is 2.94 bits per heavy atom. The Balaban J connectivity index is 2.04. The van der Waals surface area contributed by atoms with E-state index in [2.05, 4.69) is 5.10 Å². The molecular formula is C12H14N2O3S. The Kier molecular flexibility index (Phi) is 3.66. The third-order valence-corrected chi connectivity index (χ3v) is 3.35. The SMILES string of the molecule is CCn1nc(C)cc1COc1csc(C(=O)O)c1. The summed E-state index contributed by atoms with van der Waals surface area (Å²) in [4.78, 5) is 11.0. The van der Waals surface area contributed by atoms with Gasteiger partial charge in [-0.15, -0.1) is 11.3 Å². The number of aryl methyl sites for hydroxylation is 2. The molecule has 0 amide bonds. The molecule has 2 aromatic rings. The van der Waals surface area contributed by atoms with E-state index < -0.39 is 5.97 Å². The highest BCUT2D eigenvalue weighted by Gasteiger charge is 2.09. The molecular weight excluding hydrogens is 252 g/mol. The van der Waals surface area contributed by atoms with Gasteiger partial charge in [0, 0.05) is 18.0 Å². The van der Waals surface area contributed by atoms with Crippen molar-refractivity contribution < 1.29 is 14.6 Å². The molecule has 6 heteroatoms. The zero-order valence-electron chi connectivity index (χ0n) is 10.2. The second-order valence-corrected chi connectivity index (χ2v) is 4.74. The summed E-state index contributed by atoms with van der Waals surface area (Å²) in [5, 5.41) is 14.8. The first-order chi connectivity index (χ1) is 8.60.